The van der Waals surface area contributed by atoms with Crippen molar-refractivity contribution in [1.29, 1.82) is 0 Å². The number of aromatic nitrogens is 2. The predicted molar refractivity (Wildman–Crippen MR) is 84.8 cm³/mol. The molecule has 0 fully saturated rings. The molecule has 1 aromatic heterocycles. The maximum Gasteiger partial charge on any atom is 0.260 e. The van der Waals surface area contributed by atoms with Crippen LogP contribution < -0.4 is 10.9 Å². The normalized spacial score (nSPS) is 10.3. The van der Waals surface area contributed by atoms with Gasteiger partial charge in [-0.1, -0.05) is 48.0 Å². The van der Waals surface area contributed by atoms with Crippen molar-refractivity contribution in [2.75, 3.05) is 5.32 Å². The maximum absolute atomic E-state index is 12.2. The predicted octanol–water partition coefficient (Wildman–Crippen LogP) is 3.49. The van der Waals surface area contributed by atoms with Gasteiger partial charge in [-0.2, -0.15) is 0 Å². The number of hydrogen-bond acceptors (Lipinski definition) is 3. The Labute approximate surface area is 122 Å². The standard InChI is InChI=1S/C17H15N3O/c1-12-7-9-13(10-8-12)15-11-18-17(20-16(15)21)19-14-5-3-2-4-6-14/h2-11H,1H3,(H2,18,19,20,21). The van der Waals surface area contributed by atoms with Crippen LogP contribution in [0.5, 0.6) is 0 Å². The lowest BCUT2D eigenvalue weighted by Gasteiger charge is -2.06. The van der Waals surface area contributed by atoms with Crippen molar-refractivity contribution < 1.29 is 0 Å². The van der Waals surface area contributed by atoms with Crippen molar-refractivity contribution in [2.45, 2.75) is 6.92 Å². The first-order valence-corrected chi connectivity index (χ1v) is 6.71. The Bertz CT molecular complexity index is 792. The van der Waals surface area contributed by atoms with Gasteiger partial charge in [0, 0.05) is 11.9 Å². The number of rotatable bonds is 3. The van der Waals surface area contributed by atoms with Crippen LogP contribution in [0.4, 0.5) is 11.6 Å². The number of aryl methyl sites for hydroxylation is 1. The summed E-state index contributed by atoms with van der Waals surface area (Å²) in [6.45, 7) is 2.01. The quantitative estimate of drug-likeness (QED) is 0.770. The third kappa shape index (κ3) is 3.00. The zero-order valence-electron chi connectivity index (χ0n) is 11.6. The van der Waals surface area contributed by atoms with Crippen LogP contribution >= 0.6 is 0 Å². The Morgan fingerprint density at radius 1 is 1.00 bits per heavy atom. The van der Waals surface area contributed by atoms with E-state index in [2.05, 4.69) is 15.3 Å². The van der Waals surface area contributed by atoms with Gasteiger partial charge in [0.25, 0.3) is 5.56 Å². The molecule has 104 valence electrons. The van der Waals surface area contributed by atoms with Gasteiger partial charge < -0.3 is 5.32 Å². The molecule has 0 aliphatic heterocycles. The number of H-pyrrole nitrogens is 1. The summed E-state index contributed by atoms with van der Waals surface area (Å²) in [5.74, 6) is 0.432. The van der Waals surface area contributed by atoms with Gasteiger partial charge in [0.05, 0.1) is 5.56 Å². The highest BCUT2D eigenvalue weighted by Crippen LogP contribution is 2.16. The second-order valence-electron chi connectivity index (χ2n) is 4.83. The topological polar surface area (TPSA) is 57.8 Å². The summed E-state index contributed by atoms with van der Waals surface area (Å²) < 4.78 is 0. The van der Waals surface area contributed by atoms with E-state index in [1.54, 1.807) is 6.20 Å². The Morgan fingerprint density at radius 2 is 1.71 bits per heavy atom. The molecule has 3 rings (SSSR count). The SMILES string of the molecule is Cc1ccc(-c2cnc(Nc3ccccc3)[nH]c2=O)cc1. The molecule has 0 radical (unpaired) electrons. The summed E-state index contributed by atoms with van der Waals surface area (Å²) in [5, 5.41) is 3.07. The molecule has 0 aliphatic rings. The van der Waals surface area contributed by atoms with Crippen LogP contribution in [-0.4, -0.2) is 9.97 Å². The van der Waals surface area contributed by atoms with E-state index in [9.17, 15) is 4.79 Å². The summed E-state index contributed by atoms with van der Waals surface area (Å²) in [6, 6.07) is 17.4. The van der Waals surface area contributed by atoms with Crippen molar-refractivity contribution >= 4 is 11.6 Å². The van der Waals surface area contributed by atoms with E-state index in [-0.39, 0.29) is 5.56 Å². The fourth-order valence-corrected chi connectivity index (χ4v) is 2.06. The van der Waals surface area contributed by atoms with E-state index in [0.29, 0.717) is 11.5 Å². The summed E-state index contributed by atoms with van der Waals surface area (Å²) in [4.78, 5) is 19.2. The van der Waals surface area contributed by atoms with Gasteiger partial charge in [-0.25, -0.2) is 4.98 Å². The average Bonchev–Trinajstić information content (AvgIpc) is 2.50. The Balaban J connectivity index is 1.90. The number of aromatic amines is 1. The van der Waals surface area contributed by atoms with Crippen LogP contribution in [-0.2, 0) is 0 Å². The van der Waals surface area contributed by atoms with Gasteiger partial charge in [0.15, 0.2) is 0 Å². The van der Waals surface area contributed by atoms with Gasteiger partial charge in [0.2, 0.25) is 5.95 Å². The largest absolute Gasteiger partial charge is 0.326 e. The summed E-state index contributed by atoms with van der Waals surface area (Å²) in [5.41, 5.74) is 3.30. The Kier molecular flexibility index (Phi) is 3.51. The molecular weight excluding hydrogens is 262 g/mol. The van der Waals surface area contributed by atoms with Crippen LogP contribution in [0.15, 0.2) is 65.6 Å². The molecule has 3 aromatic rings. The van der Waals surface area contributed by atoms with E-state index in [0.717, 1.165) is 16.8 Å². The van der Waals surface area contributed by atoms with Crippen molar-refractivity contribution in [3.05, 3.63) is 76.7 Å². The highest BCUT2D eigenvalue weighted by Gasteiger charge is 2.05. The molecule has 4 nitrogen and oxygen atoms in total. The highest BCUT2D eigenvalue weighted by atomic mass is 16.1. The highest BCUT2D eigenvalue weighted by molar-refractivity contribution is 5.63. The van der Waals surface area contributed by atoms with Crippen molar-refractivity contribution in [3.63, 3.8) is 0 Å². The number of anilines is 2. The summed E-state index contributed by atoms with van der Waals surface area (Å²) in [7, 11) is 0. The molecule has 0 saturated carbocycles. The zero-order valence-corrected chi connectivity index (χ0v) is 11.6. The molecule has 21 heavy (non-hydrogen) atoms. The van der Waals surface area contributed by atoms with E-state index < -0.39 is 0 Å². The molecule has 1 heterocycles. The van der Waals surface area contributed by atoms with Crippen molar-refractivity contribution in [3.8, 4) is 11.1 Å². The lowest BCUT2D eigenvalue weighted by Crippen LogP contribution is -2.12. The fourth-order valence-electron chi connectivity index (χ4n) is 2.06. The van der Waals surface area contributed by atoms with Gasteiger partial charge in [-0.15, -0.1) is 0 Å². The fraction of sp³-hybridized carbons (Fsp3) is 0.0588. The molecule has 0 aliphatic carbocycles. The van der Waals surface area contributed by atoms with Crippen molar-refractivity contribution in [2.24, 2.45) is 0 Å². The van der Waals surface area contributed by atoms with Gasteiger partial charge in [0.1, 0.15) is 0 Å². The van der Waals surface area contributed by atoms with E-state index >= 15 is 0 Å². The van der Waals surface area contributed by atoms with Gasteiger partial charge in [-0.3, -0.25) is 9.78 Å². The smallest absolute Gasteiger partial charge is 0.260 e. The van der Waals surface area contributed by atoms with Crippen LogP contribution in [0.3, 0.4) is 0 Å². The third-order valence-corrected chi connectivity index (χ3v) is 3.20. The second-order valence-corrected chi connectivity index (χ2v) is 4.83. The molecular formula is C17H15N3O. The number of benzene rings is 2. The van der Waals surface area contributed by atoms with Crippen molar-refractivity contribution in [1.82, 2.24) is 9.97 Å². The lowest BCUT2D eigenvalue weighted by atomic mass is 10.1. The number of para-hydroxylation sites is 1. The Hall–Kier alpha value is -2.88. The molecule has 0 unspecified atom stereocenters. The average molecular weight is 277 g/mol. The molecule has 4 heteroatoms. The minimum Gasteiger partial charge on any atom is -0.326 e. The molecule has 0 amide bonds. The minimum atomic E-state index is -0.160. The van der Waals surface area contributed by atoms with Crippen LogP contribution in [0.2, 0.25) is 0 Å². The monoisotopic (exact) mass is 277 g/mol. The molecule has 2 N–H and O–H groups in total. The molecule has 0 bridgehead atoms. The summed E-state index contributed by atoms with van der Waals surface area (Å²) >= 11 is 0. The van der Waals surface area contributed by atoms with Crippen LogP contribution in [0.25, 0.3) is 11.1 Å². The summed E-state index contributed by atoms with van der Waals surface area (Å²) in [6.07, 6.45) is 1.59. The Morgan fingerprint density at radius 3 is 2.38 bits per heavy atom. The molecule has 2 aromatic carbocycles. The first-order chi connectivity index (χ1) is 10.2. The van der Waals surface area contributed by atoms with Crippen LogP contribution in [0.1, 0.15) is 5.56 Å². The second kappa shape index (κ2) is 5.63. The first-order valence-electron chi connectivity index (χ1n) is 6.71. The molecule has 0 saturated heterocycles. The third-order valence-electron chi connectivity index (χ3n) is 3.20. The van der Waals surface area contributed by atoms with E-state index in [4.69, 9.17) is 0 Å². The first kappa shape index (κ1) is 13.1. The van der Waals surface area contributed by atoms with Gasteiger partial charge >= 0.3 is 0 Å². The van der Waals surface area contributed by atoms with Crippen LogP contribution in [0, 0.1) is 6.92 Å². The van der Waals surface area contributed by atoms with E-state index in [1.807, 2.05) is 61.5 Å². The molecule has 0 spiro atoms. The number of nitrogens with zero attached hydrogens (tertiary/aromatic N) is 1. The maximum atomic E-state index is 12.2. The lowest BCUT2D eigenvalue weighted by molar-refractivity contribution is 1.12. The van der Waals surface area contributed by atoms with Gasteiger partial charge in [-0.05, 0) is 24.6 Å². The minimum absolute atomic E-state index is 0.160. The molecule has 0 atom stereocenters. The zero-order chi connectivity index (χ0) is 14.7. The number of hydrogen-bond donors (Lipinski definition) is 2. The number of nitrogens with one attached hydrogen (secondary N) is 2. The van der Waals surface area contributed by atoms with E-state index in [1.165, 1.54) is 0 Å².